The van der Waals surface area contributed by atoms with Crippen molar-refractivity contribution in [3.8, 4) is 0 Å². The van der Waals surface area contributed by atoms with Crippen LogP contribution in [-0.4, -0.2) is 21.1 Å². The van der Waals surface area contributed by atoms with Gasteiger partial charge in [0, 0.05) is 17.4 Å². The van der Waals surface area contributed by atoms with Gasteiger partial charge in [0.15, 0.2) is 0 Å². The van der Waals surface area contributed by atoms with Crippen LogP contribution in [0.1, 0.15) is 82.0 Å². The van der Waals surface area contributed by atoms with E-state index in [1.165, 1.54) is 60.7 Å². The number of rotatable bonds is 3. The molecule has 2 aromatic rings. The minimum atomic E-state index is 0.00586. The number of benzene rings is 1. The van der Waals surface area contributed by atoms with E-state index in [1.54, 1.807) is 0 Å². The Morgan fingerprint density at radius 3 is 2.72 bits per heavy atom. The number of hydrogen-bond acceptors (Lipinski definition) is 3. The molecule has 1 aromatic heterocycles. The molecule has 2 saturated carbocycles. The summed E-state index contributed by atoms with van der Waals surface area (Å²) in [6.07, 6.45) is 12.0. The standard InChI is InChI=1S/C21H27N3O/c1-2-18-17-13-15(19-14-21(25-23-19)11-5-6-12-21)9-10-20(17)24(22-18)16-7-3-4-8-16/h9-10,13,16H,2-8,11-12,14H2,1H3. The van der Waals surface area contributed by atoms with E-state index in [9.17, 15) is 0 Å². The van der Waals surface area contributed by atoms with Crippen molar-refractivity contribution in [2.45, 2.75) is 82.8 Å². The summed E-state index contributed by atoms with van der Waals surface area (Å²) in [5, 5.41) is 10.8. The molecule has 5 rings (SSSR count). The molecule has 0 N–H and O–H groups in total. The van der Waals surface area contributed by atoms with Gasteiger partial charge in [-0.15, -0.1) is 0 Å². The molecular weight excluding hydrogens is 310 g/mol. The van der Waals surface area contributed by atoms with Gasteiger partial charge in [-0.3, -0.25) is 4.68 Å². The van der Waals surface area contributed by atoms with Gasteiger partial charge in [0.05, 0.1) is 23.0 Å². The van der Waals surface area contributed by atoms with Crippen LogP contribution in [0.2, 0.25) is 0 Å². The molecule has 2 heterocycles. The van der Waals surface area contributed by atoms with Crippen LogP contribution in [0.15, 0.2) is 23.4 Å². The lowest BCUT2D eigenvalue weighted by Gasteiger charge is -2.19. The molecule has 1 aromatic carbocycles. The average Bonchev–Trinajstić information content (AvgIpc) is 3.43. The maximum atomic E-state index is 5.89. The van der Waals surface area contributed by atoms with E-state index in [-0.39, 0.29) is 5.60 Å². The van der Waals surface area contributed by atoms with E-state index in [2.05, 4.69) is 35.0 Å². The van der Waals surface area contributed by atoms with Crippen molar-refractivity contribution in [3.05, 3.63) is 29.5 Å². The van der Waals surface area contributed by atoms with Crippen LogP contribution in [0, 0.1) is 0 Å². The van der Waals surface area contributed by atoms with Crippen molar-refractivity contribution < 1.29 is 4.84 Å². The zero-order chi connectivity index (χ0) is 16.9. The van der Waals surface area contributed by atoms with Gasteiger partial charge in [0.2, 0.25) is 0 Å². The second kappa shape index (κ2) is 5.86. The van der Waals surface area contributed by atoms with Crippen molar-refractivity contribution in [2.75, 3.05) is 0 Å². The van der Waals surface area contributed by atoms with Crippen LogP contribution in [0.5, 0.6) is 0 Å². The molecule has 0 unspecified atom stereocenters. The van der Waals surface area contributed by atoms with E-state index >= 15 is 0 Å². The molecule has 1 aliphatic heterocycles. The Hall–Kier alpha value is -1.84. The molecule has 3 aliphatic rings. The number of hydrogen-bond donors (Lipinski definition) is 0. The van der Waals surface area contributed by atoms with Gasteiger partial charge in [-0.1, -0.05) is 31.0 Å². The summed E-state index contributed by atoms with van der Waals surface area (Å²) in [5.41, 5.74) is 4.86. The maximum Gasteiger partial charge on any atom is 0.143 e. The molecule has 1 spiro atoms. The molecule has 2 aliphatic carbocycles. The fourth-order valence-electron chi connectivity index (χ4n) is 5.04. The number of aryl methyl sites for hydroxylation is 1. The highest BCUT2D eigenvalue weighted by molar-refractivity contribution is 6.04. The molecule has 2 fully saturated rings. The Labute approximate surface area is 149 Å². The fraction of sp³-hybridized carbons (Fsp3) is 0.619. The summed E-state index contributed by atoms with van der Waals surface area (Å²) in [5.74, 6) is 0. The lowest BCUT2D eigenvalue weighted by molar-refractivity contribution is -0.0126. The largest absolute Gasteiger partial charge is 0.389 e. The Kier molecular flexibility index (Phi) is 3.61. The number of aromatic nitrogens is 2. The van der Waals surface area contributed by atoms with Gasteiger partial charge >= 0.3 is 0 Å². The maximum absolute atomic E-state index is 5.89. The van der Waals surface area contributed by atoms with Crippen molar-refractivity contribution in [2.24, 2.45) is 5.16 Å². The summed E-state index contributed by atoms with van der Waals surface area (Å²) < 4.78 is 2.30. The van der Waals surface area contributed by atoms with Gasteiger partial charge in [-0.25, -0.2) is 0 Å². The topological polar surface area (TPSA) is 39.4 Å². The molecule has 4 heteroatoms. The lowest BCUT2D eigenvalue weighted by Crippen LogP contribution is -2.24. The minimum Gasteiger partial charge on any atom is -0.389 e. The van der Waals surface area contributed by atoms with E-state index in [4.69, 9.17) is 9.94 Å². The summed E-state index contributed by atoms with van der Waals surface area (Å²) in [6, 6.07) is 7.38. The molecule has 0 saturated heterocycles. The first kappa shape index (κ1) is 15.4. The molecule has 0 radical (unpaired) electrons. The lowest BCUT2D eigenvalue weighted by atomic mass is 9.92. The van der Waals surface area contributed by atoms with Crippen LogP contribution < -0.4 is 0 Å². The molecule has 4 nitrogen and oxygen atoms in total. The zero-order valence-electron chi connectivity index (χ0n) is 15.1. The summed E-state index contributed by atoms with van der Waals surface area (Å²) in [4.78, 5) is 5.89. The summed E-state index contributed by atoms with van der Waals surface area (Å²) >= 11 is 0. The van der Waals surface area contributed by atoms with E-state index in [0.29, 0.717) is 6.04 Å². The van der Waals surface area contributed by atoms with E-state index in [0.717, 1.165) is 31.4 Å². The first-order valence-corrected chi connectivity index (χ1v) is 10.0. The quantitative estimate of drug-likeness (QED) is 0.777. The Morgan fingerprint density at radius 2 is 1.96 bits per heavy atom. The van der Waals surface area contributed by atoms with Crippen LogP contribution >= 0.6 is 0 Å². The van der Waals surface area contributed by atoms with Gasteiger partial charge < -0.3 is 4.84 Å². The van der Waals surface area contributed by atoms with Crippen molar-refractivity contribution in [3.63, 3.8) is 0 Å². The van der Waals surface area contributed by atoms with Crippen LogP contribution in [0.25, 0.3) is 10.9 Å². The predicted octanol–water partition coefficient (Wildman–Crippen LogP) is 5.15. The third-order valence-electron chi connectivity index (χ3n) is 6.48. The SMILES string of the molecule is CCc1nn(C2CCCC2)c2ccc(C3=NOC4(CCCC4)C3)cc12. The zero-order valence-corrected chi connectivity index (χ0v) is 15.1. The number of fused-ring (bicyclic) bond motifs is 1. The molecule has 0 atom stereocenters. The summed E-state index contributed by atoms with van der Waals surface area (Å²) in [6.45, 7) is 2.21. The second-order valence-corrected chi connectivity index (χ2v) is 8.11. The van der Waals surface area contributed by atoms with Gasteiger partial charge in [0.1, 0.15) is 5.60 Å². The normalized spacial score (nSPS) is 22.8. The smallest absolute Gasteiger partial charge is 0.143 e. The van der Waals surface area contributed by atoms with Gasteiger partial charge in [0.25, 0.3) is 0 Å². The van der Waals surface area contributed by atoms with E-state index in [1.807, 2.05) is 0 Å². The highest BCUT2D eigenvalue weighted by atomic mass is 16.7. The number of oxime groups is 1. The van der Waals surface area contributed by atoms with Crippen LogP contribution in [-0.2, 0) is 11.3 Å². The molecule has 0 bridgehead atoms. The van der Waals surface area contributed by atoms with Crippen LogP contribution in [0.3, 0.4) is 0 Å². The average molecular weight is 337 g/mol. The van der Waals surface area contributed by atoms with E-state index < -0.39 is 0 Å². The molecule has 132 valence electrons. The second-order valence-electron chi connectivity index (χ2n) is 8.11. The Bertz CT molecular complexity index is 823. The first-order chi connectivity index (χ1) is 12.3. The highest BCUT2D eigenvalue weighted by Crippen LogP contribution is 2.41. The van der Waals surface area contributed by atoms with Crippen molar-refractivity contribution >= 4 is 16.6 Å². The third kappa shape index (κ3) is 2.49. The third-order valence-corrected chi connectivity index (χ3v) is 6.48. The monoisotopic (exact) mass is 337 g/mol. The van der Waals surface area contributed by atoms with Crippen LogP contribution in [0.4, 0.5) is 0 Å². The fourth-order valence-corrected chi connectivity index (χ4v) is 5.04. The number of nitrogens with zero attached hydrogens (tertiary/aromatic N) is 3. The van der Waals surface area contributed by atoms with Gasteiger partial charge in [-0.05, 0) is 57.1 Å². The molecule has 0 amide bonds. The van der Waals surface area contributed by atoms with Crippen molar-refractivity contribution in [1.29, 1.82) is 0 Å². The predicted molar refractivity (Wildman–Crippen MR) is 100 cm³/mol. The van der Waals surface area contributed by atoms with Crippen molar-refractivity contribution in [1.82, 2.24) is 9.78 Å². The first-order valence-electron chi connectivity index (χ1n) is 10.0. The summed E-state index contributed by atoms with van der Waals surface area (Å²) in [7, 11) is 0. The van der Waals surface area contributed by atoms with Gasteiger partial charge in [-0.2, -0.15) is 5.10 Å². The molecular formula is C21H27N3O. The minimum absolute atomic E-state index is 0.00586. The highest BCUT2D eigenvalue weighted by Gasteiger charge is 2.42. The Morgan fingerprint density at radius 1 is 1.16 bits per heavy atom. The molecule has 25 heavy (non-hydrogen) atoms. The Balaban J connectivity index is 1.51.